The summed E-state index contributed by atoms with van der Waals surface area (Å²) < 4.78 is 19.8. The zero-order chi connectivity index (χ0) is 15.6. The minimum atomic E-state index is -0.610. The topological polar surface area (TPSA) is 58.8 Å². The molecule has 108 valence electrons. The maximum absolute atomic E-state index is 13.8. The summed E-state index contributed by atoms with van der Waals surface area (Å²) >= 11 is 3.29. The van der Waals surface area contributed by atoms with E-state index in [0.717, 1.165) is 6.07 Å². The Hall–Kier alpha value is -2.00. The van der Waals surface area contributed by atoms with Gasteiger partial charge in [0.15, 0.2) is 11.6 Å². The van der Waals surface area contributed by atoms with Gasteiger partial charge in [-0.15, -0.1) is 0 Å². The monoisotopic (exact) mass is 349 g/mol. The molecule has 0 spiro atoms. The van der Waals surface area contributed by atoms with Crippen LogP contribution in [0.25, 0.3) is 0 Å². The first kappa shape index (κ1) is 15.4. The molecule has 1 heterocycles. The molecule has 2 rings (SSSR count). The van der Waals surface area contributed by atoms with Crippen LogP contribution >= 0.6 is 15.9 Å². The highest BCUT2D eigenvalue weighted by Gasteiger charge is 2.19. The first-order valence-corrected chi connectivity index (χ1v) is 7.01. The Morgan fingerprint density at radius 2 is 1.95 bits per heavy atom. The third-order valence-electron chi connectivity index (χ3n) is 2.62. The van der Waals surface area contributed by atoms with Gasteiger partial charge in [-0.05, 0) is 34.1 Å². The number of rotatable bonds is 2. The summed E-state index contributed by atoms with van der Waals surface area (Å²) in [5.74, 6) is 0.229. The van der Waals surface area contributed by atoms with E-state index < -0.39 is 5.82 Å². The molecule has 0 amide bonds. The van der Waals surface area contributed by atoms with Crippen LogP contribution in [0, 0.1) is 17.1 Å². The second-order valence-corrected chi connectivity index (χ2v) is 6.27. The molecule has 0 radical (unpaired) electrons. The first-order valence-electron chi connectivity index (χ1n) is 6.22. The van der Waals surface area contributed by atoms with Crippen molar-refractivity contribution in [2.24, 2.45) is 0 Å². The van der Waals surface area contributed by atoms with Crippen molar-refractivity contribution in [2.45, 2.75) is 26.2 Å². The van der Waals surface area contributed by atoms with Gasteiger partial charge in [-0.2, -0.15) is 10.2 Å². The van der Waals surface area contributed by atoms with Crippen LogP contribution in [0.3, 0.4) is 0 Å². The van der Waals surface area contributed by atoms with E-state index in [1.54, 1.807) is 6.07 Å². The Bertz CT molecular complexity index is 720. The number of hydrogen-bond donors (Lipinski definition) is 0. The predicted octanol–water partition coefficient (Wildman–Crippen LogP) is 4.34. The van der Waals surface area contributed by atoms with Crippen molar-refractivity contribution >= 4 is 15.9 Å². The van der Waals surface area contributed by atoms with E-state index in [-0.39, 0.29) is 22.6 Å². The summed E-state index contributed by atoms with van der Waals surface area (Å²) in [5.41, 5.74) is -0.0236. The lowest BCUT2D eigenvalue weighted by Gasteiger charge is -2.17. The fourth-order valence-electron chi connectivity index (χ4n) is 1.55. The maximum Gasteiger partial charge on any atom is 0.223 e. The standard InChI is InChI=1S/C15H13BrFN3O/c1-15(2,3)14-19-12(16)7-13(20-14)21-11-5-4-9(8-18)6-10(11)17/h4-7H,1-3H3. The van der Waals surface area contributed by atoms with Crippen molar-refractivity contribution in [1.82, 2.24) is 9.97 Å². The summed E-state index contributed by atoms with van der Waals surface area (Å²) in [6, 6.07) is 7.44. The van der Waals surface area contributed by atoms with Crippen molar-refractivity contribution < 1.29 is 9.13 Å². The Morgan fingerprint density at radius 3 is 2.52 bits per heavy atom. The number of hydrogen-bond acceptors (Lipinski definition) is 4. The molecule has 0 fully saturated rings. The first-order chi connectivity index (χ1) is 9.79. The second kappa shape index (κ2) is 5.78. The summed E-state index contributed by atoms with van der Waals surface area (Å²) in [4.78, 5) is 8.57. The molecule has 0 saturated carbocycles. The molecule has 2 aromatic rings. The SMILES string of the molecule is CC(C)(C)c1nc(Br)cc(Oc2ccc(C#N)cc2F)n1. The lowest BCUT2D eigenvalue weighted by atomic mass is 9.96. The van der Waals surface area contributed by atoms with E-state index in [1.807, 2.05) is 26.8 Å². The van der Waals surface area contributed by atoms with Gasteiger partial charge in [-0.3, -0.25) is 0 Å². The van der Waals surface area contributed by atoms with Crippen LogP contribution in [0.4, 0.5) is 4.39 Å². The molecule has 1 aromatic carbocycles. The summed E-state index contributed by atoms with van der Waals surface area (Å²) in [7, 11) is 0. The molecular formula is C15H13BrFN3O. The molecule has 21 heavy (non-hydrogen) atoms. The highest BCUT2D eigenvalue weighted by molar-refractivity contribution is 9.10. The van der Waals surface area contributed by atoms with Crippen molar-refractivity contribution in [3.05, 3.63) is 46.1 Å². The van der Waals surface area contributed by atoms with Gasteiger partial charge in [0.25, 0.3) is 0 Å². The minimum Gasteiger partial charge on any atom is -0.436 e. The Morgan fingerprint density at radius 1 is 1.24 bits per heavy atom. The average Bonchev–Trinajstić information content (AvgIpc) is 2.39. The van der Waals surface area contributed by atoms with Gasteiger partial charge in [0.2, 0.25) is 5.88 Å². The number of benzene rings is 1. The van der Waals surface area contributed by atoms with Crippen molar-refractivity contribution in [3.8, 4) is 17.7 Å². The van der Waals surface area contributed by atoms with E-state index >= 15 is 0 Å². The smallest absolute Gasteiger partial charge is 0.223 e. The molecule has 0 N–H and O–H groups in total. The molecule has 0 aliphatic rings. The Balaban J connectivity index is 2.36. The summed E-state index contributed by atoms with van der Waals surface area (Å²) in [5, 5.41) is 8.72. The summed E-state index contributed by atoms with van der Waals surface area (Å²) in [6.07, 6.45) is 0. The van der Waals surface area contributed by atoms with Crippen molar-refractivity contribution in [1.29, 1.82) is 5.26 Å². The van der Waals surface area contributed by atoms with Gasteiger partial charge in [-0.1, -0.05) is 20.8 Å². The Labute approximate surface area is 130 Å². The quantitative estimate of drug-likeness (QED) is 0.756. The molecule has 4 nitrogen and oxygen atoms in total. The lowest BCUT2D eigenvalue weighted by molar-refractivity contribution is 0.416. The number of nitrogens with zero attached hydrogens (tertiary/aromatic N) is 3. The van der Waals surface area contributed by atoms with Gasteiger partial charge < -0.3 is 4.74 Å². The van der Waals surface area contributed by atoms with Crippen LogP contribution < -0.4 is 4.74 Å². The second-order valence-electron chi connectivity index (χ2n) is 5.46. The maximum atomic E-state index is 13.8. The number of aromatic nitrogens is 2. The van der Waals surface area contributed by atoms with E-state index in [0.29, 0.717) is 10.4 Å². The van der Waals surface area contributed by atoms with Gasteiger partial charge in [-0.25, -0.2) is 9.37 Å². The molecule has 1 aromatic heterocycles. The Kier molecular flexibility index (Phi) is 4.24. The van der Waals surface area contributed by atoms with Crippen LogP contribution in [-0.4, -0.2) is 9.97 Å². The van der Waals surface area contributed by atoms with E-state index in [4.69, 9.17) is 10.00 Å². The zero-order valence-electron chi connectivity index (χ0n) is 11.8. The molecular weight excluding hydrogens is 337 g/mol. The predicted molar refractivity (Wildman–Crippen MR) is 79.6 cm³/mol. The minimum absolute atomic E-state index is 0.0134. The largest absolute Gasteiger partial charge is 0.436 e. The van der Waals surface area contributed by atoms with Gasteiger partial charge in [0, 0.05) is 11.5 Å². The molecule has 0 unspecified atom stereocenters. The van der Waals surface area contributed by atoms with Crippen LogP contribution in [-0.2, 0) is 5.41 Å². The zero-order valence-corrected chi connectivity index (χ0v) is 13.4. The molecule has 0 aliphatic carbocycles. The van der Waals surface area contributed by atoms with E-state index in [2.05, 4.69) is 25.9 Å². The highest BCUT2D eigenvalue weighted by Crippen LogP contribution is 2.28. The van der Waals surface area contributed by atoms with Crippen LogP contribution in [0.2, 0.25) is 0 Å². The van der Waals surface area contributed by atoms with Gasteiger partial charge in [0.1, 0.15) is 10.4 Å². The highest BCUT2D eigenvalue weighted by atomic mass is 79.9. The molecule has 6 heteroatoms. The molecule has 0 aliphatic heterocycles. The molecule has 0 bridgehead atoms. The molecule has 0 atom stereocenters. The fourth-order valence-corrected chi connectivity index (χ4v) is 1.91. The van der Waals surface area contributed by atoms with Crippen molar-refractivity contribution in [3.63, 3.8) is 0 Å². The van der Waals surface area contributed by atoms with Crippen LogP contribution in [0.1, 0.15) is 32.2 Å². The van der Waals surface area contributed by atoms with Crippen LogP contribution in [0.15, 0.2) is 28.9 Å². The van der Waals surface area contributed by atoms with Gasteiger partial charge in [0.05, 0.1) is 11.6 Å². The number of halogens is 2. The van der Waals surface area contributed by atoms with Crippen LogP contribution in [0.5, 0.6) is 11.6 Å². The summed E-state index contributed by atoms with van der Waals surface area (Å²) in [6.45, 7) is 5.92. The third kappa shape index (κ3) is 3.76. The van der Waals surface area contributed by atoms with E-state index in [9.17, 15) is 4.39 Å². The number of nitriles is 1. The molecule has 0 saturated heterocycles. The third-order valence-corrected chi connectivity index (χ3v) is 3.02. The van der Waals surface area contributed by atoms with E-state index in [1.165, 1.54) is 12.1 Å². The van der Waals surface area contributed by atoms with Gasteiger partial charge >= 0.3 is 0 Å². The fraction of sp³-hybridized carbons (Fsp3) is 0.267. The average molecular weight is 350 g/mol. The van der Waals surface area contributed by atoms with Crippen molar-refractivity contribution in [2.75, 3.05) is 0 Å². The number of ether oxygens (including phenoxy) is 1. The lowest BCUT2D eigenvalue weighted by Crippen LogP contribution is -2.16. The normalized spacial score (nSPS) is 11.0.